The quantitative estimate of drug-likeness (QED) is 0.443. The van der Waals surface area contributed by atoms with E-state index in [1.807, 2.05) is 44.2 Å². The van der Waals surface area contributed by atoms with Crippen molar-refractivity contribution in [3.63, 3.8) is 0 Å². The molecule has 0 bridgehead atoms. The largest absolute Gasteiger partial charge is 0.293 e. The first-order valence-electron chi connectivity index (χ1n) is 8.39. The molecule has 0 atom stereocenters. The zero-order valence-corrected chi connectivity index (χ0v) is 14.8. The van der Waals surface area contributed by atoms with Crippen LogP contribution in [0.2, 0.25) is 0 Å². The van der Waals surface area contributed by atoms with Crippen molar-refractivity contribution in [2.45, 2.75) is 13.8 Å². The Morgan fingerprint density at radius 3 is 2.22 bits per heavy atom. The molecule has 0 spiro atoms. The van der Waals surface area contributed by atoms with Crippen LogP contribution < -0.4 is 5.56 Å². The number of nitrogens with one attached hydrogen (secondary N) is 1. The molecule has 7 nitrogen and oxygen atoms in total. The molecule has 7 heteroatoms. The molecule has 0 aliphatic heterocycles. The molecule has 2 heterocycles. The molecular formula is C20H16N4O3. The second-order valence-electron chi connectivity index (χ2n) is 6.32. The van der Waals surface area contributed by atoms with Gasteiger partial charge >= 0.3 is 0 Å². The first-order valence-corrected chi connectivity index (χ1v) is 8.39. The number of rotatable bonds is 3. The molecule has 0 aliphatic carbocycles. The van der Waals surface area contributed by atoms with Gasteiger partial charge in [0, 0.05) is 23.4 Å². The number of nitrogens with zero attached hydrogens (tertiary/aromatic N) is 3. The summed E-state index contributed by atoms with van der Waals surface area (Å²) in [6.45, 7) is 3.66. The highest BCUT2D eigenvalue weighted by Crippen LogP contribution is 2.29. The first-order chi connectivity index (χ1) is 13.0. The number of H-pyrrole nitrogens is 1. The lowest BCUT2D eigenvalue weighted by molar-refractivity contribution is -0.384. The van der Waals surface area contributed by atoms with Crippen molar-refractivity contribution in [2.24, 2.45) is 0 Å². The van der Waals surface area contributed by atoms with Crippen molar-refractivity contribution in [1.29, 1.82) is 0 Å². The van der Waals surface area contributed by atoms with Gasteiger partial charge in [0.2, 0.25) is 0 Å². The summed E-state index contributed by atoms with van der Waals surface area (Å²) in [5.74, 6) is 0. The Bertz CT molecular complexity index is 1220. The SMILES string of the molecule is Cc1nc2c(-c3ccc([N+](=O)[O-])cc3)c(C)[nH]n2c(=O)c1-c1ccccc1. The monoisotopic (exact) mass is 360 g/mol. The van der Waals surface area contributed by atoms with E-state index in [9.17, 15) is 14.9 Å². The molecule has 0 amide bonds. The van der Waals surface area contributed by atoms with E-state index in [1.54, 1.807) is 12.1 Å². The number of fused-ring (bicyclic) bond motifs is 1. The van der Waals surface area contributed by atoms with E-state index >= 15 is 0 Å². The van der Waals surface area contributed by atoms with Gasteiger partial charge in [0.25, 0.3) is 11.2 Å². The number of hydrogen-bond donors (Lipinski definition) is 1. The van der Waals surface area contributed by atoms with Gasteiger partial charge < -0.3 is 0 Å². The normalized spacial score (nSPS) is 11.0. The maximum absolute atomic E-state index is 13.1. The van der Waals surface area contributed by atoms with Crippen molar-refractivity contribution in [1.82, 2.24) is 14.6 Å². The molecule has 0 radical (unpaired) electrons. The number of aromatic nitrogens is 3. The van der Waals surface area contributed by atoms with Crippen LogP contribution in [0.3, 0.4) is 0 Å². The van der Waals surface area contributed by atoms with E-state index in [-0.39, 0.29) is 11.2 Å². The first kappa shape index (κ1) is 16.7. The fourth-order valence-electron chi connectivity index (χ4n) is 3.32. The zero-order chi connectivity index (χ0) is 19.1. The molecule has 134 valence electrons. The summed E-state index contributed by atoms with van der Waals surface area (Å²) in [6.07, 6.45) is 0. The van der Waals surface area contributed by atoms with Gasteiger partial charge in [0.15, 0.2) is 5.65 Å². The number of nitro benzene ring substituents is 1. The summed E-state index contributed by atoms with van der Waals surface area (Å²) in [7, 11) is 0. The lowest BCUT2D eigenvalue weighted by atomic mass is 10.0. The maximum Gasteiger partial charge on any atom is 0.280 e. The molecule has 2 aromatic carbocycles. The van der Waals surface area contributed by atoms with Crippen LogP contribution in [0, 0.1) is 24.0 Å². The predicted molar refractivity (Wildman–Crippen MR) is 103 cm³/mol. The van der Waals surface area contributed by atoms with E-state index in [1.165, 1.54) is 16.6 Å². The second kappa shape index (κ2) is 6.21. The second-order valence-corrected chi connectivity index (χ2v) is 6.32. The highest BCUT2D eigenvalue weighted by Gasteiger charge is 2.19. The lowest BCUT2D eigenvalue weighted by Crippen LogP contribution is -2.19. The van der Waals surface area contributed by atoms with E-state index in [4.69, 9.17) is 0 Å². The van der Waals surface area contributed by atoms with Crippen LogP contribution >= 0.6 is 0 Å². The number of non-ortho nitro benzene ring substituents is 1. The molecule has 4 aromatic rings. The summed E-state index contributed by atoms with van der Waals surface area (Å²) >= 11 is 0. The standard InChI is InChI=1S/C20H16N4O3/c1-12-18(14-6-4-3-5-7-14)20(25)23-19(21-12)17(13(2)22-23)15-8-10-16(11-9-15)24(26)27/h3-11,22H,1-2H3. The van der Waals surface area contributed by atoms with Gasteiger partial charge in [0.1, 0.15) is 0 Å². The molecule has 0 fully saturated rings. The Kier molecular flexibility index (Phi) is 3.84. The van der Waals surface area contributed by atoms with Crippen LogP contribution in [-0.4, -0.2) is 19.5 Å². The van der Waals surface area contributed by atoms with Crippen LogP contribution in [0.5, 0.6) is 0 Å². The van der Waals surface area contributed by atoms with Crippen LogP contribution in [0.15, 0.2) is 59.4 Å². The third kappa shape index (κ3) is 2.69. The predicted octanol–water partition coefficient (Wildman–Crippen LogP) is 3.88. The molecule has 0 saturated heterocycles. The van der Waals surface area contributed by atoms with E-state index in [2.05, 4.69) is 10.1 Å². The summed E-state index contributed by atoms with van der Waals surface area (Å²) in [5, 5.41) is 14.0. The topological polar surface area (TPSA) is 93.3 Å². The van der Waals surface area contributed by atoms with Gasteiger partial charge in [-0.05, 0) is 37.1 Å². The Labute approximate surface area is 154 Å². The molecule has 1 N–H and O–H groups in total. The highest BCUT2D eigenvalue weighted by atomic mass is 16.6. The minimum atomic E-state index is -0.440. The van der Waals surface area contributed by atoms with Crippen molar-refractivity contribution in [3.8, 4) is 22.3 Å². The van der Waals surface area contributed by atoms with Gasteiger partial charge in [-0.15, -0.1) is 0 Å². The van der Waals surface area contributed by atoms with Crippen LogP contribution in [0.4, 0.5) is 5.69 Å². The zero-order valence-electron chi connectivity index (χ0n) is 14.8. The van der Waals surface area contributed by atoms with E-state index in [0.29, 0.717) is 16.9 Å². The Hall–Kier alpha value is -3.74. The third-order valence-corrected chi connectivity index (χ3v) is 4.57. The minimum Gasteiger partial charge on any atom is -0.293 e. The minimum absolute atomic E-state index is 0.0175. The molecule has 0 unspecified atom stereocenters. The van der Waals surface area contributed by atoms with Crippen LogP contribution in [0.1, 0.15) is 11.4 Å². The average Bonchev–Trinajstić information content (AvgIpc) is 2.99. The molecular weight excluding hydrogens is 344 g/mol. The maximum atomic E-state index is 13.1. The molecule has 2 aromatic heterocycles. The summed E-state index contributed by atoms with van der Waals surface area (Å²) in [6, 6.07) is 15.6. The summed E-state index contributed by atoms with van der Waals surface area (Å²) < 4.78 is 1.43. The van der Waals surface area contributed by atoms with Crippen molar-refractivity contribution in [3.05, 3.63) is 86.5 Å². The smallest absolute Gasteiger partial charge is 0.280 e. The van der Waals surface area contributed by atoms with Crippen LogP contribution in [0.25, 0.3) is 27.9 Å². The van der Waals surface area contributed by atoms with Crippen LogP contribution in [-0.2, 0) is 0 Å². The summed E-state index contributed by atoms with van der Waals surface area (Å²) in [4.78, 5) is 28.2. The van der Waals surface area contributed by atoms with Gasteiger partial charge in [-0.2, -0.15) is 0 Å². The average molecular weight is 360 g/mol. The Morgan fingerprint density at radius 2 is 1.59 bits per heavy atom. The molecule has 4 rings (SSSR count). The van der Waals surface area contributed by atoms with Gasteiger partial charge in [-0.25, -0.2) is 9.50 Å². The number of aryl methyl sites for hydroxylation is 2. The third-order valence-electron chi connectivity index (χ3n) is 4.57. The lowest BCUT2D eigenvalue weighted by Gasteiger charge is -2.06. The molecule has 0 saturated carbocycles. The van der Waals surface area contributed by atoms with Gasteiger partial charge in [-0.3, -0.25) is 20.0 Å². The van der Waals surface area contributed by atoms with Crippen molar-refractivity contribution < 1.29 is 4.92 Å². The fourth-order valence-corrected chi connectivity index (χ4v) is 3.32. The Morgan fingerprint density at radius 1 is 0.963 bits per heavy atom. The van der Waals surface area contributed by atoms with E-state index < -0.39 is 4.92 Å². The highest BCUT2D eigenvalue weighted by molar-refractivity contribution is 5.81. The summed E-state index contributed by atoms with van der Waals surface area (Å²) in [5.41, 5.74) is 4.61. The Balaban J connectivity index is 1.96. The number of nitro groups is 1. The number of aromatic amines is 1. The van der Waals surface area contributed by atoms with Crippen molar-refractivity contribution >= 4 is 11.3 Å². The van der Waals surface area contributed by atoms with Gasteiger partial charge in [0.05, 0.1) is 16.2 Å². The molecule has 27 heavy (non-hydrogen) atoms. The van der Waals surface area contributed by atoms with E-state index in [0.717, 1.165) is 22.4 Å². The number of benzene rings is 2. The van der Waals surface area contributed by atoms with Gasteiger partial charge in [-0.1, -0.05) is 30.3 Å². The number of hydrogen-bond acceptors (Lipinski definition) is 4. The fraction of sp³-hybridized carbons (Fsp3) is 0.100. The van der Waals surface area contributed by atoms with Crippen molar-refractivity contribution in [2.75, 3.05) is 0 Å². The molecule has 0 aliphatic rings.